The summed E-state index contributed by atoms with van der Waals surface area (Å²) in [5, 5.41) is 11.0. The summed E-state index contributed by atoms with van der Waals surface area (Å²) >= 11 is 0. The molecule has 0 fully saturated rings. The van der Waals surface area contributed by atoms with E-state index in [4.69, 9.17) is 14.7 Å². The number of aromatic nitrogens is 1. The Morgan fingerprint density at radius 1 is 1.20 bits per heavy atom. The number of anilines is 1. The van der Waals surface area contributed by atoms with E-state index < -0.39 is 11.9 Å². The zero-order valence-corrected chi connectivity index (χ0v) is 17.5. The molecule has 0 aliphatic rings. The first kappa shape index (κ1) is 22.8. The number of benzene rings is 1. The monoisotopic (exact) mass is 411 g/mol. The molecule has 30 heavy (non-hydrogen) atoms. The van der Waals surface area contributed by atoms with Gasteiger partial charge in [0.1, 0.15) is 6.42 Å². The number of methoxy groups -OCH3 is 1. The second-order valence-electron chi connectivity index (χ2n) is 6.92. The molecule has 0 spiro atoms. The number of carbonyl (C=O) groups is 3. The Bertz CT molecular complexity index is 970. The van der Waals surface area contributed by atoms with Gasteiger partial charge in [0.15, 0.2) is 6.61 Å². The van der Waals surface area contributed by atoms with Crippen LogP contribution in [-0.2, 0) is 14.3 Å². The van der Waals surface area contributed by atoms with Gasteiger partial charge in [-0.15, -0.1) is 0 Å². The Hall–Kier alpha value is -3.44. The summed E-state index contributed by atoms with van der Waals surface area (Å²) in [7, 11) is 1.63. The molecule has 1 atom stereocenters. The first-order chi connectivity index (χ1) is 14.3. The quantitative estimate of drug-likeness (QED) is 0.501. The largest absolute Gasteiger partial charge is 0.454 e. The van der Waals surface area contributed by atoms with Gasteiger partial charge in [-0.1, -0.05) is 0 Å². The van der Waals surface area contributed by atoms with E-state index in [1.807, 2.05) is 25.3 Å². The molecule has 1 amide bonds. The molecule has 2 aromatic rings. The highest BCUT2D eigenvalue weighted by atomic mass is 16.5. The summed E-state index contributed by atoms with van der Waals surface area (Å²) in [6.07, 6.45) is -0.253. The second kappa shape index (κ2) is 10.4. The Labute approximate surface area is 175 Å². The predicted molar refractivity (Wildman–Crippen MR) is 110 cm³/mol. The molecule has 2 rings (SSSR count). The third-order valence-corrected chi connectivity index (χ3v) is 4.61. The van der Waals surface area contributed by atoms with Gasteiger partial charge in [-0.2, -0.15) is 5.26 Å². The lowest BCUT2D eigenvalue weighted by atomic mass is 10.1. The van der Waals surface area contributed by atoms with Crippen LogP contribution >= 0.6 is 0 Å². The molecule has 0 unspecified atom stereocenters. The van der Waals surface area contributed by atoms with Crippen molar-refractivity contribution < 1.29 is 23.9 Å². The maximum absolute atomic E-state index is 12.6. The van der Waals surface area contributed by atoms with Crippen LogP contribution in [0.25, 0.3) is 0 Å². The number of Topliss-reactive ketones (excluding diaryl/α,β-unsaturated/α-hetero) is 1. The first-order valence-electron chi connectivity index (χ1n) is 9.43. The predicted octanol–water partition coefficient (Wildman–Crippen LogP) is 3.20. The van der Waals surface area contributed by atoms with Crippen molar-refractivity contribution in [2.75, 3.05) is 25.6 Å². The van der Waals surface area contributed by atoms with Gasteiger partial charge < -0.3 is 19.4 Å². The average Bonchev–Trinajstić information content (AvgIpc) is 3.01. The Balaban J connectivity index is 2.00. The number of amides is 1. The number of rotatable bonds is 9. The van der Waals surface area contributed by atoms with E-state index in [1.165, 1.54) is 24.3 Å². The van der Waals surface area contributed by atoms with Gasteiger partial charge in [0.2, 0.25) is 11.7 Å². The fourth-order valence-electron chi connectivity index (χ4n) is 3.31. The van der Waals surface area contributed by atoms with Crippen LogP contribution in [0.5, 0.6) is 0 Å². The molecular formula is C22H25N3O5. The molecule has 1 heterocycles. The van der Waals surface area contributed by atoms with Crippen LogP contribution in [0.1, 0.15) is 51.5 Å². The van der Waals surface area contributed by atoms with Crippen molar-refractivity contribution in [3.05, 3.63) is 52.8 Å². The number of ether oxygens (including phenoxy) is 2. The van der Waals surface area contributed by atoms with E-state index in [0.29, 0.717) is 17.9 Å². The number of nitrogens with one attached hydrogen (secondary N) is 1. The zero-order chi connectivity index (χ0) is 22.3. The third-order valence-electron chi connectivity index (χ3n) is 4.61. The molecule has 0 saturated heterocycles. The lowest BCUT2D eigenvalue weighted by Gasteiger charge is -2.17. The standard InChI is InChI=1S/C22H25N3O5/c1-14-11-19(16(3)25(14)15(2)12-29-4)20(26)13-30-22(28)17-5-7-18(8-6-17)24-21(27)9-10-23/h5-8,11,15H,9,12-13H2,1-4H3,(H,24,27)/t15-/m1/s1. The summed E-state index contributed by atoms with van der Waals surface area (Å²) in [5.41, 5.74) is 2.95. The molecule has 0 aliphatic heterocycles. The lowest BCUT2D eigenvalue weighted by molar-refractivity contribution is -0.115. The molecule has 0 saturated carbocycles. The van der Waals surface area contributed by atoms with Crippen molar-refractivity contribution in [1.29, 1.82) is 5.26 Å². The SMILES string of the molecule is COC[C@@H](C)n1c(C)cc(C(=O)COC(=O)c2ccc(NC(=O)CC#N)cc2)c1C. The maximum Gasteiger partial charge on any atom is 0.338 e. The minimum Gasteiger partial charge on any atom is -0.454 e. The molecule has 158 valence electrons. The summed E-state index contributed by atoms with van der Waals surface area (Å²) < 4.78 is 12.4. The Morgan fingerprint density at radius 2 is 1.87 bits per heavy atom. The number of nitrogens with zero attached hydrogens (tertiary/aromatic N) is 2. The van der Waals surface area contributed by atoms with Crippen LogP contribution in [0.4, 0.5) is 5.69 Å². The molecule has 1 aromatic carbocycles. The van der Waals surface area contributed by atoms with Crippen molar-refractivity contribution in [3.63, 3.8) is 0 Å². The number of hydrogen-bond donors (Lipinski definition) is 1. The molecule has 8 heteroatoms. The number of aryl methyl sites for hydroxylation is 1. The van der Waals surface area contributed by atoms with Crippen molar-refractivity contribution in [1.82, 2.24) is 4.57 Å². The van der Waals surface area contributed by atoms with Crippen LogP contribution in [0.15, 0.2) is 30.3 Å². The number of nitriles is 1. The number of carbonyl (C=O) groups excluding carboxylic acids is 3. The summed E-state index contributed by atoms with van der Waals surface area (Å²) in [6, 6.07) is 9.63. The van der Waals surface area contributed by atoms with Gasteiger partial charge >= 0.3 is 5.97 Å². The van der Waals surface area contributed by atoms with E-state index in [9.17, 15) is 14.4 Å². The van der Waals surface area contributed by atoms with E-state index in [-0.39, 0.29) is 30.4 Å². The summed E-state index contributed by atoms with van der Waals surface area (Å²) in [6.45, 7) is 5.92. The maximum atomic E-state index is 12.6. The van der Waals surface area contributed by atoms with Crippen LogP contribution in [0.3, 0.4) is 0 Å². The number of ketones is 1. The summed E-state index contributed by atoms with van der Waals surface area (Å²) in [4.78, 5) is 36.2. The van der Waals surface area contributed by atoms with Gasteiger partial charge in [-0.05, 0) is 51.1 Å². The molecule has 1 aromatic heterocycles. The molecule has 1 N–H and O–H groups in total. The van der Waals surface area contributed by atoms with E-state index >= 15 is 0 Å². The molecule has 0 bridgehead atoms. The molecular weight excluding hydrogens is 386 g/mol. The molecule has 8 nitrogen and oxygen atoms in total. The fraction of sp³-hybridized carbons (Fsp3) is 0.364. The number of esters is 1. The highest BCUT2D eigenvalue weighted by molar-refractivity contribution is 6.00. The number of hydrogen-bond acceptors (Lipinski definition) is 6. The van der Waals surface area contributed by atoms with E-state index in [2.05, 4.69) is 5.32 Å². The smallest absolute Gasteiger partial charge is 0.338 e. The fourth-order valence-corrected chi connectivity index (χ4v) is 3.31. The van der Waals surface area contributed by atoms with Crippen molar-refractivity contribution in [2.45, 2.75) is 33.2 Å². The van der Waals surface area contributed by atoms with Gasteiger partial charge in [0, 0.05) is 29.7 Å². The van der Waals surface area contributed by atoms with Gasteiger partial charge in [-0.3, -0.25) is 9.59 Å². The highest BCUT2D eigenvalue weighted by Crippen LogP contribution is 2.21. The second-order valence-corrected chi connectivity index (χ2v) is 6.92. The Morgan fingerprint density at radius 3 is 2.47 bits per heavy atom. The molecule has 0 radical (unpaired) electrons. The molecule has 0 aliphatic carbocycles. The minimum atomic E-state index is -0.639. The first-order valence-corrected chi connectivity index (χ1v) is 9.43. The topological polar surface area (TPSA) is 110 Å². The highest BCUT2D eigenvalue weighted by Gasteiger charge is 2.20. The van der Waals surface area contributed by atoms with Crippen LogP contribution in [0, 0.1) is 25.2 Å². The van der Waals surface area contributed by atoms with Gasteiger partial charge in [0.05, 0.1) is 24.3 Å². The minimum absolute atomic E-state index is 0.0752. The van der Waals surface area contributed by atoms with E-state index in [1.54, 1.807) is 19.2 Å². The van der Waals surface area contributed by atoms with Gasteiger partial charge in [-0.25, -0.2) is 4.79 Å². The zero-order valence-electron chi connectivity index (χ0n) is 17.5. The van der Waals surface area contributed by atoms with Crippen molar-refractivity contribution in [2.24, 2.45) is 0 Å². The van der Waals surface area contributed by atoms with Crippen LogP contribution in [0.2, 0.25) is 0 Å². The van der Waals surface area contributed by atoms with Crippen molar-refractivity contribution >= 4 is 23.3 Å². The third kappa shape index (κ3) is 5.55. The lowest BCUT2D eigenvalue weighted by Crippen LogP contribution is -2.17. The summed E-state index contributed by atoms with van der Waals surface area (Å²) in [5.74, 6) is -1.36. The Kier molecular flexibility index (Phi) is 7.90. The average molecular weight is 411 g/mol. The normalized spacial score (nSPS) is 11.4. The van der Waals surface area contributed by atoms with Crippen molar-refractivity contribution in [3.8, 4) is 6.07 Å². The van der Waals surface area contributed by atoms with E-state index in [0.717, 1.165) is 11.4 Å². The van der Waals surface area contributed by atoms with Crippen LogP contribution in [-0.4, -0.2) is 42.6 Å². The van der Waals surface area contributed by atoms with Crippen LogP contribution < -0.4 is 5.32 Å². The van der Waals surface area contributed by atoms with Gasteiger partial charge in [0.25, 0.3) is 0 Å².